The molecule has 0 bridgehead atoms. The summed E-state index contributed by atoms with van der Waals surface area (Å²) in [6.07, 6.45) is 1.53. The highest BCUT2D eigenvalue weighted by molar-refractivity contribution is 7.80. The summed E-state index contributed by atoms with van der Waals surface area (Å²) in [7, 11) is 4.25. The Morgan fingerprint density at radius 3 is 2.35 bits per heavy atom. The number of esters is 1. The van der Waals surface area contributed by atoms with Gasteiger partial charge in [0.25, 0.3) is 5.91 Å². The molecule has 0 atom stereocenters. The van der Waals surface area contributed by atoms with Crippen LogP contribution < -0.4 is 14.4 Å². The molecule has 1 saturated heterocycles. The zero-order valence-corrected chi connectivity index (χ0v) is 19.2. The van der Waals surface area contributed by atoms with E-state index in [9.17, 15) is 9.59 Å². The minimum absolute atomic E-state index is 0.124. The molecule has 162 valence electrons. The highest BCUT2D eigenvalue weighted by atomic mass is 35.5. The van der Waals surface area contributed by atoms with Crippen molar-refractivity contribution in [3.63, 3.8) is 0 Å². The van der Waals surface area contributed by atoms with Crippen molar-refractivity contribution in [2.45, 2.75) is 0 Å². The molecule has 2 aromatic rings. The maximum Gasteiger partial charge on any atom is 0.325 e. The molecule has 0 spiro atoms. The van der Waals surface area contributed by atoms with E-state index in [1.54, 1.807) is 37.4 Å². The summed E-state index contributed by atoms with van der Waals surface area (Å²) < 4.78 is 15.3. The fraction of sp³-hybridized carbons (Fsp3) is 0.190. The molecule has 0 saturated carbocycles. The van der Waals surface area contributed by atoms with E-state index in [0.29, 0.717) is 27.8 Å². The predicted octanol–water partition coefficient (Wildman–Crippen LogP) is 4.16. The zero-order chi connectivity index (χ0) is 22.7. The van der Waals surface area contributed by atoms with Gasteiger partial charge in [-0.3, -0.25) is 14.5 Å². The number of carbonyl (C=O) groups is 2. The number of hydrogen-bond acceptors (Lipinski definition) is 6. The van der Waals surface area contributed by atoms with Crippen LogP contribution in [0.15, 0.2) is 42.1 Å². The minimum Gasteiger partial charge on any atom is -0.497 e. The van der Waals surface area contributed by atoms with E-state index >= 15 is 0 Å². The van der Waals surface area contributed by atoms with Gasteiger partial charge in [-0.15, -0.1) is 0 Å². The average molecular weight is 481 g/mol. The van der Waals surface area contributed by atoms with Crippen LogP contribution in [0.4, 0.5) is 5.69 Å². The van der Waals surface area contributed by atoms with Gasteiger partial charge in [-0.2, -0.15) is 0 Å². The van der Waals surface area contributed by atoms with Gasteiger partial charge in [-0.1, -0.05) is 23.2 Å². The number of carbonyl (C=O) groups excluding carboxylic acids is 2. The molecule has 1 heterocycles. The van der Waals surface area contributed by atoms with Crippen molar-refractivity contribution in [2.75, 3.05) is 32.8 Å². The summed E-state index contributed by atoms with van der Waals surface area (Å²) >= 11 is 17.9. The molecule has 3 rings (SSSR count). The van der Waals surface area contributed by atoms with Gasteiger partial charge in [-0.05, 0) is 54.7 Å². The van der Waals surface area contributed by atoms with Crippen molar-refractivity contribution in [2.24, 2.45) is 0 Å². The second kappa shape index (κ2) is 9.55. The molecule has 1 amide bonds. The van der Waals surface area contributed by atoms with Crippen molar-refractivity contribution in [3.05, 3.63) is 57.7 Å². The average Bonchev–Trinajstić information content (AvgIpc) is 2.97. The number of amides is 1. The van der Waals surface area contributed by atoms with E-state index in [2.05, 4.69) is 0 Å². The summed E-state index contributed by atoms with van der Waals surface area (Å²) in [5, 5.41) is 0.762. The maximum atomic E-state index is 13.4. The van der Waals surface area contributed by atoms with Gasteiger partial charge in [0.2, 0.25) is 0 Å². The van der Waals surface area contributed by atoms with E-state index in [4.69, 9.17) is 49.6 Å². The van der Waals surface area contributed by atoms with Crippen molar-refractivity contribution in [3.8, 4) is 11.5 Å². The molecular formula is C21H18Cl2N2O5S. The first kappa shape index (κ1) is 22.9. The third kappa shape index (κ3) is 4.61. The number of ether oxygens (including phenoxy) is 3. The third-order valence-corrected chi connectivity index (χ3v) is 5.42. The van der Waals surface area contributed by atoms with E-state index in [1.807, 2.05) is 0 Å². The van der Waals surface area contributed by atoms with Crippen LogP contribution in [-0.2, 0) is 14.3 Å². The number of benzene rings is 2. The van der Waals surface area contributed by atoms with Crippen LogP contribution >= 0.6 is 35.4 Å². The smallest absolute Gasteiger partial charge is 0.325 e. The highest BCUT2D eigenvalue weighted by Crippen LogP contribution is 2.36. The van der Waals surface area contributed by atoms with Crippen LogP contribution in [0.25, 0.3) is 6.08 Å². The fourth-order valence-electron chi connectivity index (χ4n) is 3.04. The Morgan fingerprint density at radius 1 is 1.10 bits per heavy atom. The van der Waals surface area contributed by atoms with Gasteiger partial charge in [0.1, 0.15) is 23.7 Å². The first-order valence-electron chi connectivity index (χ1n) is 8.92. The molecule has 1 aliphatic rings. The predicted molar refractivity (Wildman–Crippen MR) is 123 cm³/mol. The SMILES string of the molecule is COC(=O)CN1C(=S)N(c2ccc(OC)cc2)C(=O)/C1=C/c1cc(Cl)cc(Cl)c1OC. The Hall–Kier alpha value is -2.81. The first-order valence-corrected chi connectivity index (χ1v) is 10.1. The summed E-state index contributed by atoms with van der Waals surface area (Å²) in [5.41, 5.74) is 1.12. The first-order chi connectivity index (χ1) is 14.8. The molecule has 7 nitrogen and oxygen atoms in total. The second-order valence-corrected chi connectivity index (χ2v) is 7.53. The molecule has 10 heteroatoms. The third-order valence-electron chi connectivity index (χ3n) is 4.51. The lowest BCUT2D eigenvalue weighted by Gasteiger charge is -2.19. The van der Waals surface area contributed by atoms with Crippen molar-refractivity contribution in [1.82, 2.24) is 4.90 Å². The van der Waals surface area contributed by atoms with Crippen LogP contribution in [0.5, 0.6) is 11.5 Å². The summed E-state index contributed by atoms with van der Waals surface area (Å²) in [6, 6.07) is 9.93. The normalized spacial score (nSPS) is 14.9. The Balaban J connectivity index is 2.12. The van der Waals surface area contributed by atoms with E-state index < -0.39 is 11.9 Å². The van der Waals surface area contributed by atoms with E-state index in [1.165, 1.54) is 36.2 Å². The van der Waals surface area contributed by atoms with Crippen molar-refractivity contribution < 1.29 is 23.8 Å². The molecule has 31 heavy (non-hydrogen) atoms. The number of anilines is 1. The number of halogens is 2. The minimum atomic E-state index is -0.561. The van der Waals surface area contributed by atoms with Gasteiger partial charge in [-0.25, -0.2) is 0 Å². The quantitative estimate of drug-likeness (QED) is 0.349. The van der Waals surface area contributed by atoms with Crippen molar-refractivity contribution >= 4 is 64.2 Å². The van der Waals surface area contributed by atoms with Crippen molar-refractivity contribution in [1.29, 1.82) is 0 Å². The number of nitrogens with zero attached hydrogens (tertiary/aromatic N) is 2. The Bertz CT molecular complexity index is 1070. The standard InChI is InChI=1S/C21H18Cl2N2O5S/c1-28-15-6-4-14(5-7-15)25-20(27)17(24(21(25)31)11-18(26)29-2)9-12-8-13(22)10-16(23)19(12)30-3/h4-10H,11H2,1-3H3/b17-9-. The molecule has 0 aromatic heterocycles. The van der Waals surface area contributed by atoms with Crippen LogP contribution in [0.3, 0.4) is 0 Å². The van der Waals surface area contributed by atoms with Crippen LogP contribution in [0.2, 0.25) is 10.0 Å². The van der Waals surface area contributed by atoms with Gasteiger partial charge < -0.3 is 19.1 Å². The van der Waals surface area contributed by atoms with Crippen LogP contribution in [-0.4, -0.2) is 49.8 Å². The summed E-state index contributed by atoms with van der Waals surface area (Å²) in [4.78, 5) is 28.1. The molecule has 1 aliphatic heterocycles. The van der Waals surface area contributed by atoms with Crippen LogP contribution in [0, 0.1) is 0 Å². The lowest BCUT2D eigenvalue weighted by Crippen LogP contribution is -2.35. The van der Waals surface area contributed by atoms with Gasteiger partial charge in [0.15, 0.2) is 5.11 Å². The lowest BCUT2D eigenvalue weighted by atomic mass is 10.1. The van der Waals surface area contributed by atoms with Crippen LogP contribution in [0.1, 0.15) is 5.56 Å². The van der Waals surface area contributed by atoms with Gasteiger partial charge in [0, 0.05) is 10.6 Å². The Labute approximate surface area is 194 Å². The summed E-state index contributed by atoms with van der Waals surface area (Å²) in [6.45, 7) is -0.254. The molecular weight excluding hydrogens is 463 g/mol. The molecule has 2 aromatic carbocycles. The Morgan fingerprint density at radius 2 is 1.77 bits per heavy atom. The van der Waals surface area contributed by atoms with Gasteiger partial charge >= 0.3 is 5.97 Å². The monoisotopic (exact) mass is 480 g/mol. The molecule has 0 N–H and O–H groups in total. The fourth-order valence-corrected chi connectivity index (χ4v) is 3.97. The lowest BCUT2D eigenvalue weighted by molar-refractivity contribution is -0.140. The maximum absolute atomic E-state index is 13.4. The highest BCUT2D eigenvalue weighted by Gasteiger charge is 2.40. The van der Waals surface area contributed by atoms with Gasteiger partial charge in [0.05, 0.1) is 32.0 Å². The van der Waals surface area contributed by atoms with E-state index in [0.717, 1.165) is 0 Å². The Kier molecular flexibility index (Phi) is 7.04. The van der Waals surface area contributed by atoms with E-state index in [-0.39, 0.29) is 22.4 Å². The largest absolute Gasteiger partial charge is 0.497 e. The number of methoxy groups -OCH3 is 3. The second-order valence-electron chi connectivity index (χ2n) is 6.32. The molecule has 0 unspecified atom stereocenters. The topological polar surface area (TPSA) is 68.3 Å². The zero-order valence-electron chi connectivity index (χ0n) is 16.8. The summed E-state index contributed by atoms with van der Waals surface area (Å²) in [5.74, 6) is -0.0362. The number of hydrogen-bond donors (Lipinski definition) is 0. The number of thiocarbonyl (C=S) groups is 1. The molecule has 0 aliphatic carbocycles. The molecule has 1 fully saturated rings. The molecule has 0 radical (unpaired) electrons. The number of rotatable bonds is 6.